The normalized spacial score (nSPS) is 14.8. The van der Waals surface area contributed by atoms with Crippen LogP contribution in [0.25, 0.3) is 6.08 Å². The number of carbonyl (C=O) groups is 2. The number of anilines is 1. The fourth-order valence-corrected chi connectivity index (χ4v) is 3.28. The summed E-state index contributed by atoms with van der Waals surface area (Å²) in [5.74, 6) is 0.604. The number of halogens is 1. The van der Waals surface area contributed by atoms with E-state index in [1.54, 1.807) is 36.3 Å². The van der Waals surface area contributed by atoms with Gasteiger partial charge in [-0.1, -0.05) is 35.9 Å². The zero-order valence-corrected chi connectivity index (χ0v) is 17.1. The molecule has 0 aliphatic carbocycles. The van der Waals surface area contributed by atoms with E-state index in [-0.39, 0.29) is 18.4 Å². The van der Waals surface area contributed by atoms with Crippen molar-refractivity contribution in [1.29, 1.82) is 0 Å². The van der Waals surface area contributed by atoms with E-state index >= 15 is 0 Å². The Kier molecular flexibility index (Phi) is 7.27. The molecule has 1 fully saturated rings. The topological polar surface area (TPSA) is 61.9 Å². The SMILES string of the molecule is COc1cccc(/C=C/C(=O)N2CCN(CC(=O)Nc3ccccc3Cl)CC2)c1. The minimum Gasteiger partial charge on any atom is -0.497 e. The number of para-hydroxylation sites is 1. The largest absolute Gasteiger partial charge is 0.497 e. The van der Waals surface area contributed by atoms with Crippen LogP contribution in [0.5, 0.6) is 5.75 Å². The first-order valence-electron chi connectivity index (χ1n) is 9.43. The van der Waals surface area contributed by atoms with Crippen molar-refractivity contribution < 1.29 is 14.3 Å². The van der Waals surface area contributed by atoms with E-state index in [4.69, 9.17) is 16.3 Å². The van der Waals surface area contributed by atoms with Gasteiger partial charge >= 0.3 is 0 Å². The van der Waals surface area contributed by atoms with Crippen molar-refractivity contribution in [2.45, 2.75) is 0 Å². The third-order valence-electron chi connectivity index (χ3n) is 4.71. The highest BCUT2D eigenvalue weighted by molar-refractivity contribution is 6.33. The summed E-state index contributed by atoms with van der Waals surface area (Å²) in [6.07, 6.45) is 3.36. The Labute approximate surface area is 175 Å². The molecule has 6 nitrogen and oxygen atoms in total. The summed E-state index contributed by atoms with van der Waals surface area (Å²) in [5.41, 5.74) is 1.52. The minimum atomic E-state index is -0.115. The summed E-state index contributed by atoms with van der Waals surface area (Å²) in [6.45, 7) is 2.73. The maximum absolute atomic E-state index is 12.4. The predicted octanol–water partition coefficient (Wildman–Crippen LogP) is 3.14. The van der Waals surface area contributed by atoms with Crippen LogP contribution in [-0.4, -0.2) is 61.4 Å². The third kappa shape index (κ3) is 6.07. The lowest BCUT2D eigenvalue weighted by Gasteiger charge is -2.33. The predicted molar refractivity (Wildman–Crippen MR) is 115 cm³/mol. The van der Waals surface area contributed by atoms with Gasteiger partial charge in [0.15, 0.2) is 0 Å². The molecule has 7 heteroatoms. The van der Waals surface area contributed by atoms with Crippen LogP contribution >= 0.6 is 11.6 Å². The molecule has 1 aliphatic rings. The Morgan fingerprint density at radius 3 is 2.59 bits per heavy atom. The van der Waals surface area contributed by atoms with Crippen molar-refractivity contribution in [3.05, 3.63) is 65.2 Å². The average Bonchev–Trinajstić information content (AvgIpc) is 2.74. The molecule has 29 heavy (non-hydrogen) atoms. The van der Waals surface area contributed by atoms with Gasteiger partial charge in [0.2, 0.25) is 11.8 Å². The van der Waals surface area contributed by atoms with Crippen molar-refractivity contribution in [3.8, 4) is 5.75 Å². The summed E-state index contributed by atoms with van der Waals surface area (Å²) >= 11 is 6.07. The minimum absolute atomic E-state index is 0.0343. The van der Waals surface area contributed by atoms with Gasteiger partial charge < -0.3 is 15.0 Å². The van der Waals surface area contributed by atoms with E-state index in [1.165, 1.54) is 0 Å². The number of methoxy groups -OCH3 is 1. The Hall–Kier alpha value is -2.83. The average molecular weight is 414 g/mol. The quantitative estimate of drug-likeness (QED) is 0.739. The van der Waals surface area contributed by atoms with Gasteiger partial charge in [0.05, 0.1) is 24.4 Å². The van der Waals surface area contributed by atoms with Crippen molar-refractivity contribution in [2.24, 2.45) is 0 Å². The zero-order chi connectivity index (χ0) is 20.6. The lowest BCUT2D eigenvalue weighted by atomic mass is 10.2. The molecule has 2 amide bonds. The Balaban J connectivity index is 1.46. The van der Waals surface area contributed by atoms with E-state index in [0.29, 0.717) is 36.9 Å². The van der Waals surface area contributed by atoms with Crippen LogP contribution in [0.3, 0.4) is 0 Å². The molecule has 3 rings (SSSR count). The molecule has 0 spiro atoms. The van der Waals surface area contributed by atoms with Crippen LogP contribution in [0.15, 0.2) is 54.6 Å². The van der Waals surface area contributed by atoms with Crippen LogP contribution in [-0.2, 0) is 9.59 Å². The number of rotatable bonds is 6. The van der Waals surface area contributed by atoms with Crippen molar-refractivity contribution in [3.63, 3.8) is 0 Å². The summed E-state index contributed by atoms with van der Waals surface area (Å²) in [6, 6.07) is 14.7. The first kappa shape index (κ1) is 20.9. The molecule has 0 radical (unpaired) electrons. The molecule has 2 aromatic carbocycles. The van der Waals surface area contributed by atoms with Gasteiger partial charge in [-0.2, -0.15) is 0 Å². The molecule has 1 saturated heterocycles. The van der Waals surface area contributed by atoms with Crippen molar-refractivity contribution in [2.75, 3.05) is 45.2 Å². The van der Waals surface area contributed by atoms with E-state index in [1.807, 2.05) is 41.3 Å². The first-order chi connectivity index (χ1) is 14.0. The van der Waals surface area contributed by atoms with Gasteiger partial charge in [0, 0.05) is 32.3 Å². The number of ether oxygens (including phenoxy) is 1. The number of piperazine rings is 1. The second-order valence-electron chi connectivity index (χ2n) is 6.74. The van der Waals surface area contributed by atoms with Crippen LogP contribution in [0, 0.1) is 0 Å². The molecule has 152 valence electrons. The maximum Gasteiger partial charge on any atom is 0.246 e. The number of benzene rings is 2. The molecule has 1 heterocycles. The number of carbonyl (C=O) groups excluding carboxylic acids is 2. The van der Waals surface area contributed by atoms with Gasteiger partial charge in [-0.3, -0.25) is 14.5 Å². The van der Waals surface area contributed by atoms with E-state index < -0.39 is 0 Å². The molecule has 0 bridgehead atoms. The number of hydrogen-bond donors (Lipinski definition) is 1. The summed E-state index contributed by atoms with van der Waals surface area (Å²) < 4.78 is 5.19. The van der Waals surface area contributed by atoms with Crippen LogP contribution in [0.1, 0.15) is 5.56 Å². The highest BCUT2D eigenvalue weighted by Gasteiger charge is 2.21. The number of hydrogen-bond acceptors (Lipinski definition) is 4. The van der Waals surface area contributed by atoms with E-state index in [2.05, 4.69) is 5.32 Å². The van der Waals surface area contributed by atoms with Crippen molar-refractivity contribution >= 4 is 35.2 Å². The zero-order valence-electron chi connectivity index (χ0n) is 16.3. The monoisotopic (exact) mass is 413 g/mol. The van der Waals surface area contributed by atoms with Gasteiger partial charge in [-0.15, -0.1) is 0 Å². The number of nitrogens with one attached hydrogen (secondary N) is 1. The van der Waals surface area contributed by atoms with Gasteiger partial charge in [0.25, 0.3) is 0 Å². The lowest BCUT2D eigenvalue weighted by molar-refractivity contribution is -0.127. The standard InChI is InChI=1S/C22H24ClN3O3/c1-29-18-6-4-5-17(15-18)9-10-22(28)26-13-11-25(12-14-26)16-21(27)24-20-8-3-2-7-19(20)23/h2-10,15H,11-14,16H2,1H3,(H,24,27)/b10-9+. The molecule has 2 aromatic rings. The third-order valence-corrected chi connectivity index (χ3v) is 5.04. The molecular formula is C22H24ClN3O3. The van der Waals surface area contributed by atoms with E-state index in [9.17, 15) is 9.59 Å². The van der Waals surface area contributed by atoms with Crippen LogP contribution in [0.4, 0.5) is 5.69 Å². The molecule has 0 atom stereocenters. The smallest absolute Gasteiger partial charge is 0.246 e. The fourth-order valence-electron chi connectivity index (χ4n) is 3.10. The maximum atomic E-state index is 12.4. The highest BCUT2D eigenvalue weighted by atomic mass is 35.5. The molecular weight excluding hydrogens is 390 g/mol. The lowest BCUT2D eigenvalue weighted by Crippen LogP contribution is -2.50. The second-order valence-corrected chi connectivity index (χ2v) is 7.15. The number of nitrogens with zero attached hydrogens (tertiary/aromatic N) is 2. The Morgan fingerprint density at radius 2 is 1.86 bits per heavy atom. The molecule has 0 aromatic heterocycles. The highest BCUT2D eigenvalue weighted by Crippen LogP contribution is 2.20. The summed E-state index contributed by atoms with van der Waals surface area (Å²) in [7, 11) is 1.61. The molecule has 1 aliphatic heterocycles. The molecule has 1 N–H and O–H groups in total. The van der Waals surface area contributed by atoms with Gasteiger partial charge in [-0.25, -0.2) is 0 Å². The van der Waals surface area contributed by atoms with E-state index in [0.717, 1.165) is 11.3 Å². The van der Waals surface area contributed by atoms with Gasteiger partial charge in [0.1, 0.15) is 5.75 Å². The first-order valence-corrected chi connectivity index (χ1v) is 9.81. The van der Waals surface area contributed by atoms with Crippen molar-refractivity contribution in [1.82, 2.24) is 9.80 Å². The van der Waals surface area contributed by atoms with Gasteiger partial charge in [-0.05, 0) is 35.9 Å². The van der Waals surface area contributed by atoms with Crippen LogP contribution < -0.4 is 10.1 Å². The molecule has 0 unspecified atom stereocenters. The van der Waals surface area contributed by atoms with Crippen LogP contribution in [0.2, 0.25) is 5.02 Å². The summed E-state index contributed by atoms with van der Waals surface area (Å²) in [4.78, 5) is 28.5. The Bertz CT molecular complexity index is 892. The Morgan fingerprint density at radius 1 is 1.10 bits per heavy atom. The molecule has 0 saturated carbocycles. The summed E-state index contributed by atoms with van der Waals surface area (Å²) in [5, 5.41) is 3.34. The second kappa shape index (κ2) is 10.1. The fraction of sp³-hybridized carbons (Fsp3) is 0.273. The number of amides is 2.